The van der Waals surface area contributed by atoms with Crippen LogP contribution in [-0.4, -0.2) is 31.0 Å². The predicted octanol–water partition coefficient (Wildman–Crippen LogP) is 3.92. The lowest BCUT2D eigenvalue weighted by molar-refractivity contribution is -0.137. The number of rotatable bonds is 4. The van der Waals surface area contributed by atoms with Gasteiger partial charge in [0, 0.05) is 22.5 Å². The van der Waals surface area contributed by atoms with Gasteiger partial charge in [-0.3, -0.25) is 4.79 Å². The van der Waals surface area contributed by atoms with Crippen molar-refractivity contribution in [3.63, 3.8) is 0 Å². The van der Waals surface area contributed by atoms with Crippen LogP contribution in [0.2, 0.25) is 0 Å². The summed E-state index contributed by atoms with van der Waals surface area (Å²) in [6.45, 7) is 1.46. The van der Waals surface area contributed by atoms with Crippen molar-refractivity contribution in [3.05, 3.63) is 28.2 Å². The average molecular weight is 418 g/mol. The van der Waals surface area contributed by atoms with Crippen molar-refractivity contribution >= 4 is 34.2 Å². The minimum Gasteiger partial charge on any atom is -0.496 e. The number of likely N-dealkylation sites (tertiary alicyclic amines) is 1. The Morgan fingerprint density at radius 2 is 2.12 bits per heavy atom. The number of amides is 1. The molecule has 1 aliphatic heterocycles. The molecule has 2 aliphatic rings. The second-order valence-corrected chi connectivity index (χ2v) is 7.52. The minimum atomic E-state index is 0. The first-order valence-electron chi connectivity index (χ1n) is 8.49. The van der Waals surface area contributed by atoms with Gasteiger partial charge in [0.05, 0.1) is 13.2 Å². The predicted molar refractivity (Wildman–Crippen MR) is 102 cm³/mol. The molecule has 1 aromatic carbocycles. The molecule has 1 aliphatic carbocycles. The van der Waals surface area contributed by atoms with Gasteiger partial charge in [0.2, 0.25) is 5.91 Å². The summed E-state index contributed by atoms with van der Waals surface area (Å²) in [5.41, 5.74) is 6.98. The van der Waals surface area contributed by atoms with Gasteiger partial charge < -0.3 is 15.4 Å². The molecule has 3 atom stereocenters. The van der Waals surface area contributed by atoms with E-state index in [1.54, 1.807) is 7.11 Å². The van der Waals surface area contributed by atoms with E-state index in [0.29, 0.717) is 18.4 Å². The number of benzene rings is 1. The second-order valence-electron chi connectivity index (χ2n) is 6.61. The minimum absolute atomic E-state index is 0. The molecule has 3 rings (SSSR count). The van der Waals surface area contributed by atoms with Crippen LogP contribution in [0, 0.1) is 11.8 Å². The molecule has 24 heavy (non-hydrogen) atoms. The third-order valence-electron chi connectivity index (χ3n) is 5.37. The number of nitrogens with zero attached hydrogens (tertiary/aromatic N) is 1. The lowest BCUT2D eigenvalue weighted by Gasteiger charge is -2.30. The lowest BCUT2D eigenvalue weighted by Crippen LogP contribution is -2.38. The Morgan fingerprint density at radius 1 is 1.33 bits per heavy atom. The SMILES string of the molecule is COc1ccc(Br)cc1C1CCCN1C(=O)[C@@H]1CCC[C@@H]1CN.Cl. The van der Waals surface area contributed by atoms with E-state index < -0.39 is 0 Å². The molecule has 0 bridgehead atoms. The summed E-state index contributed by atoms with van der Waals surface area (Å²) >= 11 is 3.54. The number of carbonyl (C=O) groups is 1. The number of hydrogen-bond acceptors (Lipinski definition) is 3. The Kier molecular flexibility index (Phi) is 6.96. The zero-order chi connectivity index (χ0) is 16.4. The molecule has 1 saturated carbocycles. The molecule has 6 heteroatoms. The lowest BCUT2D eigenvalue weighted by atomic mass is 9.93. The van der Waals surface area contributed by atoms with E-state index in [4.69, 9.17) is 10.5 Å². The maximum Gasteiger partial charge on any atom is 0.226 e. The summed E-state index contributed by atoms with van der Waals surface area (Å²) in [6, 6.07) is 6.15. The number of ether oxygens (including phenoxy) is 1. The molecule has 2 N–H and O–H groups in total. The molecule has 0 radical (unpaired) electrons. The molecule has 2 fully saturated rings. The summed E-state index contributed by atoms with van der Waals surface area (Å²) in [6.07, 6.45) is 5.24. The number of hydrogen-bond donors (Lipinski definition) is 1. The van der Waals surface area contributed by atoms with E-state index >= 15 is 0 Å². The highest BCUT2D eigenvalue weighted by Crippen LogP contribution is 2.41. The van der Waals surface area contributed by atoms with Crippen LogP contribution in [0.25, 0.3) is 0 Å². The topological polar surface area (TPSA) is 55.6 Å². The van der Waals surface area contributed by atoms with Crippen LogP contribution in [-0.2, 0) is 4.79 Å². The van der Waals surface area contributed by atoms with Crippen LogP contribution in [0.5, 0.6) is 5.75 Å². The van der Waals surface area contributed by atoms with Crippen molar-refractivity contribution < 1.29 is 9.53 Å². The standard InChI is InChI=1S/C18H25BrN2O2.ClH/c1-23-17-8-7-13(19)10-15(17)16-6-3-9-21(16)18(22)14-5-2-4-12(14)11-20;/h7-8,10,12,14,16H,2-6,9,11,20H2,1H3;1H/t12-,14-,16?;/m1./s1. The molecular weight excluding hydrogens is 392 g/mol. The van der Waals surface area contributed by atoms with Crippen molar-refractivity contribution in [1.29, 1.82) is 0 Å². The van der Waals surface area contributed by atoms with Crippen LogP contribution < -0.4 is 10.5 Å². The van der Waals surface area contributed by atoms with Crippen LogP contribution in [0.1, 0.15) is 43.7 Å². The monoisotopic (exact) mass is 416 g/mol. The fraction of sp³-hybridized carbons (Fsp3) is 0.611. The van der Waals surface area contributed by atoms with Gasteiger partial charge >= 0.3 is 0 Å². The third kappa shape index (κ3) is 3.73. The Bertz CT molecular complexity index is 584. The molecule has 1 amide bonds. The highest BCUT2D eigenvalue weighted by molar-refractivity contribution is 9.10. The molecule has 0 spiro atoms. The molecule has 1 unspecified atom stereocenters. The maximum absolute atomic E-state index is 13.1. The smallest absolute Gasteiger partial charge is 0.226 e. The normalized spacial score (nSPS) is 26.3. The van der Waals surface area contributed by atoms with Crippen LogP contribution in [0.3, 0.4) is 0 Å². The van der Waals surface area contributed by atoms with Crippen LogP contribution in [0.15, 0.2) is 22.7 Å². The van der Waals surface area contributed by atoms with Crippen molar-refractivity contribution in [2.75, 3.05) is 20.2 Å². The van der Waals surface area contributed by atoms with Crippen molar-refractivity contribution in [1.82, 2.24) is 4.90 Å². The van der Waals surface area contributed by atoms with Crippen molar-refractivity contribution in [3.8, 4) is 5.75 Å². The fourth-order valence-electron chi connectivity index (χ4n) is 4.18. The first-order valence-corrected chi connectivity index (χ1v) is 9.29. The van der Waals surface area contributed by atoms with Gasteiger partial charge in [-0.1, -0.05) is 22.4 Å². The summed E-state index contributed by atoms with van der Waals surface area (Å²) < 4.78 is 6.55. The van der Waals surface area contributed by atoms with Gasteiger partial charge in [-0.2, -0.15) is 0 Å². The Morgan fingerprint density at radius 3 is 2.83 bits per heavy atom. The molecule has 134 valence electrons. The third-order valence-corrected chi connectivity index (χ3v) is 5.86. The van der Waals surface area contributed by atoms with E-state index in [-0.39, 0.29) is 24.4 Å². The number of carbonyl (C=O) groups excluding carboxylic acids is 1. The molecule has 1 aromatic rings. The zero-order valence-corrected chi connectivity index (χ0v) is 16.4. The molecule has 1 saturated heterocycles. The quantitative estimate of drug-likeness (QED) is 0.808. The van der Waals surface area contributed by atoms with Crippen molar-refractivity contribution in [2.45, 2.75) is 38.1 Å². The first kappa shape index (κ1) is 19.5. The summed E-state index contributed by atoms with van der Waals surface area (Å²) in [5, 5.41) is 0. The van der Waals surface area contributed by atoms with E-state index in [0.717, 1.165) is 54.4 Å². The fourth-order valence-corrected chi connectivity index (χ4v) is 4.56. The summed E-state index contributed by atoms with van der Waals surface area (Å²) in [5.74, 6) is 1.62. The highest BCUT2D eigenvalue weighted by Gasteiger charge is 2.39. The molecular formula is C18H26BrClN2O2. The highest BCUT2D eigenvalue weighted by atomic mass is 79.9. The number of nitrogens with two attached hydrogens (primary N) is 1. The first-order chi connectivity index (χ1) is 11.2. The van der Waals surface area contributed by atoms with Crippen LogP contribution in [0.4, 0.5) is 0 Å². The van der Waals surface area contributed by atoms with Gasteiger partial charge in [0.25, 0.3) is 0 Å². The number of halogens is 2. The molecule has 1 heterocycles. The van der Waals surface area contributed by atoms with E-state index in [1.165, 1.54) is 0 Å². The summed E-state index contributed by atoms with van der Waals surface area (Å²) in [7, 11) is 1.69. The zero-order valence-electron chi connectivity index (χ0n) is 14.0. The molecule has 0 aromatic heterocycles. The van der Waals surface area contributed by atoms with Gasteiger partial charge in [0.15, 0.2) is 0 Å². The molecule has 4 nitrogen and oxygen atoms in total. The Labute approximate surface area is 158 Å². The Hall–Kier alpha value is -0.780. The van der Waals surface area contributed by atoms with E-state index in [1.807, 2.05) is 12.1 Å². The average Bonchev–Trinajstić information content (AvgIpc) is 3.23. The summed E-state index contributed by atoms with van der Waals surface area (Å²) in [4.78, 5) is 15.2. The van der Waals surface area contributed by atoms with Crippen molar-refractivity contribution in [2.24, 2.45) is 17.6 Å². The largest absolute Gasteiger partial charge is 0.496 e. The van der Waals surface area contributed by atoms with Gasteiger partial charge in [0.1, 0.15) is 5.75 Å². The maximum atomic E-state index is 13.1. The van der Waals surface area contributed by atoms with Gasteiger partial charge in [-0.15, -0.1) is 12.4 Å². The van der Waals surface area contributed by atoms with Gasteiger partial charge in [-0.25, -0.2) is 0 Å². The van der Waals surface area contributed by atoms with Crippen LogP contribution >= 0.6 is 28.3 Å². The van der Waals surface area contributed by atoms with E-state index in [9.17, 15) is 4.79 Å². The van der Waals surface area contributed by atoms with E-state index in [2.05, 4.69) is 26.9 Å². The second kappa shape index (κ2) is 8.54. The van der Waals surface area contributed by atoms with Gasteiger partial charge in [-0.05, 0) is 56.3 Å². The number of methoxy groups -OCH3 is 1. The Balaban J connectivity index is 0.00000208.